The van der Waals surface area contributed by atoms with E-state index in [0.29, 0.717) is 6.04 Å². The third kappa shape index (κ3) is 3.25. The molecule has 1 aliphatic rings. The Labute approximate surface area is 165 Å². The maximum Gasteiger partial charge on any atom is 0.263 e. The molecule has 0 bridgehead atoms. The SMILES string of the molecule is CCc1nc(CSc2nc3sc(C)c(C)c3c(=O)n2C2CCCC2)cs1. The molecule has 1 fully saturated rings. The topological polar surface area (TPSA) is 47.8 Å². The van der Waals surface area contributed by atoms with Crippen LogP contribution in [0, 0.1) is 13.8 Å². The van der Waals surface area contributed by atoms with E-state index in [-0.39, 0.29) is 5.56 Å². The van der Waals surface area contributed by atoms with Gasteiger partial charge in [-0.05, 0) is 38.7 Å². The standard InChI is InChI=1S/C19H23N3OS3/c1-4-15-20-13(9-24-15)10-25-19-21-17-16(11(2)12(3)26-17)18(23)22(19)14-7-5-6-8-14/h9,14H,4-8,10H2,1-3H3. The van der Waals surface area contributed by atoms with Crippen LogP contribution in [0.15, 0.2) is 15.3 Å². The number of thioether (sulfide) groups is 1. The van der Waals surface area contributed by atoms with Crippen molar-refractivity contribution in [2.75, 3.05) is 0 Å². The van der Waals surface area contributed by atoms with Crippen molar-refractivity contribution in [3.05, 3.63) is 36.9 Å². The molecule has 0 aromatic carbocycles. The molecule has 0 radical (unpaired) electrons. The van der Waals surface area contributed by atoms with Crippen molar-refractivity contribution in [2.24, 2.45) is 0 Å². The van der Waals surface area contributed by atoms with Gasteiger partial charge < -0.3 is 0 Å². The lowest BCUT2D eigenvalue weighted by Gasteiger charge is -2.17. The second-order valence-corrected chi connectivity index (χ2v) is 9.93. The second kappa shape index (κ2) is 7.44. The third-order valence-electron chi connectivity index (χ3n) is 5.14. The summed E-state index contributed by atoms with van der Waals surface area (Å²) in [5.74, 6) is 0.768. The van der Waals surface area contributed by atoms with Crippen LogP contribution < -0.4 is 5.56 Å². The zero-order valence-corrected chi connectivity index (χ0v) is 17.8. The number of rotatable bonds is 5. The van der Waals surface area contributed by atoms with Gasteiger partial charge in [0.25, 0.3) is 5.56 Å². The maximum absolute atomic E-state index is 13.3. The Kier molecular flexibility index (Phi) is 5.21. The van der Waals surface area contributed by atoms with Crippen LogP contribution in [0.2, 0.25) is 0 Å². The minimum absolute atomic E-state index is 0.152. The van der Waals surface area contributed by atoms with E-state index in [9.17, 15) is 4.79 Å². The summed E-state index contributed by atoms with van der Waals surface area (Å²) < 4.78 is 1.99. The Bertz CT molecular complexity index is 996. The Morgan fingerprint density at radius 1 is 1.27 bits per heavy atom. The minimum atomic E-state index is 0.152. The second-order valence-electron chi connectivity index (χ2n) is 6.85. The molecule has 1 aliphatic carbocycles. The molecule has 0 atom stereocenters. The van der Waals surface area contributed by atoms with Crippen LogP contribution >= 0.6 is 34.4 Å². The van der Waals surface area contributed by atoms with Gasteiger partial charge in [-0.25, -0.2) is 9.97 Å². The first-order valence-corrected chi connectivity index (χ1v) is 11.8. The van der Waals surface area contributed by atoms with Crippen LogP contribution in [0.1, 0.15) is 59.8 Å². The summed E-state index contributed by atoms with van der Waals surface area (Å²) in [7, 11) is 0. The van der Waals surface area contributed by atoms with Gasteiger partial charge in [-0.3, -0.25) is 9.36 Å². The monoisotopic (exact) mass is 405 g/mol. The molecule has 3 heterocycles. The smallest absolute Gasteiger partial charge is 0.263 e. The van der Waals surface area contributed by atoms with Crippen molar-refractivity contribution < 1.29 is 0 Å². The molecule has 0 aliphatic heterocycles. The van der Waals surface area contributed by atoms with Crippen molar-refractivity contribution in [3.8, 4) is 0 Å². The third-order valence-corrected chi connectivity index (χ3v) is 8.27. The lowest BCUT2D eigenvalue weighted by atomic mass is 10.2. The fourth-order valence-electron chi connectivity index (χ4n) is 3.59. The Hall–Kier alpha value is -1.18. The van der Waals surface area contributed by atoms with Crippen LogP contribution in [0.4, 0.5) is 0 Å². The van der Waals surface area contributed by atoms with E-state index >= 15 is 0 Å². The molecular formula is C19H23N3OS3. The van der Waals surface area contributed by atoms with E-state index in [0.717, 1.165) is 51.6 Å². The van der Waals surface area contributed by atoms with Gasteiger partial charge in [0.1, 0.15) is 4.83 Å². The fourth-order valence-corrected chi connectivity index (χ4v) is 6.47. The first kappa shape index (κ1) is 18.2. The zero-order chi connectivity index (χ0) is 18.3. The van der Waals surface area contributed by atoms with Crippen molar-refractivity contribution in [1.82, 2.24) is 14.5 Å². The van der Waals surface area contributed by atoms with E-state index in [2.05, 4.69) is 24.2 Å². The highest BCUT2D eigenvalue weighted by Crippen LogP contribution is 2.35. The van der Waals surface area contributed by atoms with Crippen molar-refractivity contribution >= 4 is 44.7 Å². The lowest BCUT2D eigenvalue weighted by molar-refractivity contribution is 0.458. The Morgan fingerprint density at radius 2 is 2.04 bits per heavy atom. The van der Waals surface area contributed by atoms with Gasteiger partial charge in [0.15, 0.2) is 5.16 Å². The zero-order valence-electron chi connectivity index (χ0n) is 15.4. The van der Waals surface area contributed by atoms with E-state index in [1.165, 1.54) is 22.7 Å². The van der Waals surface area contributed by atoms with Gasteiger partial charge in [-0.2, -0.15) is 0 Å². The van der Waals surface area contributed by atoms with E-state index in [4.69, 9.17) is 4.98 Å². The minimum Gasteiger partial charge on any atom is -0.284 e. The summed E-state index contributed by atoms with van der Waals surface area (Å²) in [5.41, 5.74) is 2.33. The van der Waals surface area contributed by atoms with E-state index < -0.39 is 0 Å². The van der Waals surface area contributed by atoms with Crippen molar-refractivity contribution in [1.29, 1.82) is 0 Å². The predicted octanol–water partition coefficient (Wildman–Crippen LogP) is 5.50. The van der Waals surface area contributed by atoms with Crippen LogP contribution in [0.3, 0.4) is 0 Å². The van der Waals surface area contributed by atoms with Gasteiger partial charge in [0.2, 0.25) is 0 Å². The number of nitrogens with zero attached hydrogens (tertiary/aromatic N) is 3. The first-order valence-electron chi connectivity index (χ1n) is 9.16. The number of aryl methyl sites for hydroxylation is 3. The van der Waals surface area contributed by atoms with Crippen molar-refractivity contribution in [2.45, 2.75) is 69.8 Å². The Balaban J connectivity index is 1.76. The first-order chi connectivity index (χ1) is 12.6. The highest BCUT2D eigenvalue weighted by molar-refractivity contribution is 7.98. The van der Waals surface area contributed by atoms with Crippen LogP contribution in [-0.2, 0) is 12.2 Å². The number of hydrogen-bond donors (Lipinski definition) is 0. The highest BCUT2D eigenvalue weighted by atomic mass is 32.2. The van der Waals surface area contributed by atoms with E-state index in [1.54, 1.807) is 34.4 Å². The molecule has 7 heteroatoms. The normalized spacial score (nSPS) is 15.3. The predicted molar refractivity (Wildman–Crippen MR) is 112 cm³/mol. The summed E-state index contributed by atoms with van der Waals surface area (Å²) in [6.45, 7) is 6.25. The molecule has 3 aromatic heterocycles. The molecule has 138 valence electrons. The summed E-state index contributed by atoms with van der Waals surface area (Å²) in [5, 5.41) is 4.98. The molecule has 3 aromatic rings. The van der Waals surface area contributed by atoms with Gasteiger partial charge in [0.05, 0.1) is 16.1 Å². The van der Waals surface area contributed by atoms with Crippen LogP contribution in [0.5, 0.6) is 0 Å². The molecular weight excluding hydrogens is 382 g/mol. The van der Waals surface area contributed by atoms with E-state index in [1.807, 2.05) is 11.5 Å². The highest BCUT2D eigenvalue weighted by Gasteiger charge is 2.25. The summed E-state index contributed by atoms with van der Waals surface area (Å²) >= 11 is 5.01. The molecule has 4 nitrogen and oxygen atoms in total. The number of thiophene rings is 1. The number of fused-ring (bicyclic) bond motifs is 1. The number of thiazole rings is 1. The quantitative estimate of drug-likeness (QED) is 0.415. The average molecular weight is 406 g/mol. The van der Waals surface area contributed by atoms with Crippen molar-refractivity contribution in [3.63, 3.8) is 0 Å². The summed E-state index contributed by atoms with van der Waals surface area (Å²) in [6.07, 6.45) is 5.54. The molecule has 0 saturated heterocycles. The lowest BCUT2D eigenvalue weighted by Crippen LogP contribution is -2.26. The Morgan fingerprint density at radius 3 is 2.73 bits per heavy atom. The summed E-state index contributed by atoms with van der Waals surface area (Å²) in [4.78, 5) is 25.0. The molecule has 0 spiro atoms. The summed E-state index contributed by atoms with van der Waals surface area (Å²) in [6, 6.07) is 0.295. The molecule has 0 amide bonds. The van der Waals surface area contributed by atoms with Crippen LogP contribution in [0.25, 0.3) is 10.2 Å². The fraction of sp³-hybridized carbons (Fsp3) is 0.526. The largest absolute Gasteiger partial charge is 0.284 e. The molecule has 1 saturated carbocycles. The number of aromatic nitrogens is 3. The number of hydrogen-bond acceptors (Lipinski definition) is 6. The maximum atomic E-state index is 13.3. The molecule has 4 rings (SSSR count). The average Bonchev–Trinajstić information content (AvgIpc) is 3.35. The van der Waals surface area contributed by atoms with Gasteiger partial charge in [0, 0.05) is 22.1 Å². The molecule has 0 N–H and O–H groups in total. The molecule has 0 unspecified atom stereocenters. The van der Waals surface area contributed by atoms with Gasteiger partial charge in [-0.15, -0.1) is 22.7 Å². The van der Waals surface area contributed by atoms with Gasteiger partial charge in [-0.1, -0.05) is 31.5 Å². The van der Waals surface area contributed by atoms with Gasteiger partial charge >= 0.3 is 0 Å². The molecule has 26 heavy (non-hydrogen) atoms. The van der Waals surface area contributed by atoms with Crippen LogP contribution in [-0.4, -0.2) is 14.5 Å².